The van der Waals surface area contributed by atoms with E-state index in [0.29, 0.717) is 17.9 Å². The molecule has 2 unspecified atom stereocenters. The van der Waals surface area contributed by atoms with Crippen molar-refractivity contribution in [2.45, 2.75) is 59.0 Å². The van der Waals surface area contributed by atoms with Gasteiger partial charge in [0.25, 0.3) is 0 Å². The Balaban J connectivity index is 2.48. The van der Waals surface area contributed by atoms with E-state index in [4.69, 9.17) is 0 Å². The van der Waals surface area contributed by atoms with E-state index in [0.717, 1.165) is 25.9 Å². The van der Waals surface area contributed by atoms with Crippen molar-refractivity contribution in [3.05, 3.63) is 0 Å². The van der Waals surface area contributed by atoms with E-state index in [1.165, 1.54) is 0 Å². The number of hydrogen-bond donors (Lipinski definition) is 1. The average molecular weight is 212 g/mol. The summed E-state index contributed by atoms with van der Waals surface area (Å²) in [5.74, 6) is 0.824. The summed E-state index contributed by atoms with van der Waals surface area (Å²) < 4.78 is 0. The van der Waals surface area contributed by atoms with Gasteiger partial charge in [-0.15, -0.1) is 0 Å². The van der Waals surface area contributed by atoms with Crippen LogP contribution in [0, 0.1) is 5.92 Å². The molecule has 1 aliphatic heterocycles. The molecule has 88 valence electrons. The van der Waals surface area contributed by atoms with E-state index < -0.39 is 0 Å². The monoisotopic (exact) mass is 212 g/mol. The molecule has 0 aromatic heterocycles. The highest BCUT2D eigenvalue weighted by molar-refractivity contribution is 5.84. The Kier molecular flexibility index (Phi) is 4.58. The number of rotatable bonds is 5. The zero-order chi connectivity index (χ0) is 11.4. The van der Waals surface area contributed by atoms with Gasteiger partial charge in [-0.25, -0.2) is 0 Å². The summed E-state index contributed by atoms with van der Waals surface area (Å²) in [6, 6.07) is 0.419. The van der Waals surface area contributed by atoms with Gasteiger partial charge in [0.1, 0.15) is 0 Å². The van der Waals surface area contributed by atoms with Gasteiger partial charge in [-0.2, -0.15) is 0 Å². The van der Waals surface area contributed by atoms with Gasteiger partial charge in [-0.1, -0.05) is 33.6 Å². The molecule has 0 aromatic rings. The fourth-order valence-electron chi connectivity index (χ4n) is 1.91. The summed E-state index contributed by atoms with van der Waals surface area (Å²) in [6.07, 6.45) is 3.27. The molecule has 1 amide bonds. The predicted molar refractivity (Wildman–Crippen MR) is 62.5 cm³/mol. The topological polar surface area (TPSA) is 32.3 Å². The molecule has 1 heterocycles. The summed E-state index contributed by atoms with van der Waals surface area (Å²) in [7, 11) is 0. The average Bonchev–Trinajstić information content (AvgIpc) is 2.55. The second-order valence-electron chi connectivity index (χ2n) is 4.85. The first-order chi connectivity index (χ1) is 7.07. The molecule has 1 saturated heterocycles. The molecular weight excluding hydrogens is 188 g/mol. The smallest absolute Gasteiger partial charge is 0.241 e. The lowest BCUT2D eigenvalue weighted by Gasteiger charge is -2.27. The van der Waals surface area contributed by atoms with Crippen LogP contribution in [0.25, 0.3) is 0 Å². The Bertz CT molecular complexity index is 216. The van der Waals surface area contributed by atoms with Crippen molar-refractivity contribution in [2.75, 3.05) is 6.67 Å². The van der Waals surface area contributed by atoms with Crippen LogP contribution < -0.4 is 5.32 Å². The number of amides is 1. The highest BCUT2D eigenvalue weighted by Gasteiger charge is 2.33. The van der Waals surface area contributed by atoms with Crippen LogP contribution in [0.4, 0.5) is 0 Å². The molecule has 15 heavy (non-hydrogen) atoms. The van der Waals surface area contributed by atoms with Gasteiger partial charge < -0.3 is 4.90 Å². The maximum atomic E-state index is 12.0. The van der Waals surface area contributed by atoms with Crippen LogP contribution in [0.1, 0.15) is 47.0 Å². The van der Waals surface area contributed by atoms with Crippen molar-refractivity contribution in [3.8, 4) is 0 Å². The summed E-state index contributed by atoms with van der Waals surface area (Å²) in [5.41, 5.74) is 0. The molecular formula is C12H24N2O. The molecule has 0 aliphatic carbocycles. The van der Waals surface area contributed by atoms with Crippen LogP contribution in [-0.4, -0.2) is 29.6 Å². The minimum atomic E-state index is 0.0751. The Hall–Kier alpha value is -0.570. The number of nitrogens with zero attached hydrogens (tertiary/aromatic N) is 1. The van der Waals surface area contributed by atoms with Crippen molar-refractivity contribution in [2.24, 2.45) is 5.92 Å². The molecule has 0 saturated carbocycles. The first kappa shape index (κ1) is 12.5. The highest BCUT2D eigenvalue weighted by Crippen LogP contribution is 2.17. The minimum absolute atomic E-state index is 0.0751. The molecule has 3 nitrogen and oxygen atoms in total. The number of nitrogens with one attached hydrogen (secondary N) is 1. The van der Waals surface area contributed by atoms with Gasteiger partial charge in [0.15, 0.2) is 0 Å². The molecule has 2 atom stereocenters. The summed E-state index contributed by atoms with van der Waals surface area (Å²) in [6.45, 7) is 9.35. The van der Waals surface area contributed by atoms with Gasteiger partial charge in [0.05, 0.1) is 12.7 Å². The molecule has 1 fully saturated rings. The first-order valence-corrected chi connectivity index (χ1v) is 6.11. The van der Waals surface area contributed by atoms with Gasteiger partial charge >= 0.3 is 0 Å². The number of hydrogen-bond acceptors (Lipinski definition) is 2. The van der Waals surface area contributed by atoms with Crippen molar-refractivity contribution < 1.29 is 4.79 Å². The molecule has 0 spiro atoms. The zero-order valence-electron chi connectivity index (χ0n) is 10.4. The lowest BCUT2D eigenvalue weighted by Crippen LogP contribution is -2.39. The minimum Gasteiger partial charge on any atom is -0.326 e. The SMILES string of the molecule is CCCCC1NCN(C(C)C(C)C)C1=O. The molecule has 0 aromatic carbocycles. The number of carbonyl (C=O) groups is 1. The summed E-state index contributed by atoms with van der Waals surface area (Å²) in [5, 5.41) is 3.30. The number of unbranched alkanes of at least 4 members (excludes halogenated alkanes) is 1. The van der Waals surface area contributed by atoms with Gasteiger partial charge in [-0.3, -0.25) is 10.1 Å². The van der Waals surface area contributed by atoms with Crippen LogP contribution >= 0.6 is 0 Å². The molecule has 3 heteroatoms. The Morgan fingerprint density at radius 3 is 2.67 bits per heavy atom. The maximum Gasteiger partial charge on any atom is 0.241 e. The highest BCUT2D eigenvalue weighted by atomic mass is 16.2. The third-order valence-corrected chi connectivity index (χ3v) is 3.39. The van der Waals surface area contributed by atoms with Crippen LogP contribution in [0.2, 0.25) is 0 Å². The molecule has 1 rings (SSSR count). The normalized spacial score (nSPS) is 23.9. The first-order valence-electron chi connectivity index (χ1n) is 6.11. The van der Waals surface area contributed by atoms with E-state index in [9.17, 15) is 4.79 Å². The maximum absolute atomic E-state index is 12.0. The van der Waals surface area contributed by atoms with Crippen LogP contribution in [0.15, 0.2) is 0 Å². The molecule has 0 radical (unpaired) electrons. The fraction of sp³-hybridized carbons (Fsp3) is 0.917. The largest absolute Gasteiger partial charge is 0.326 e. The van der Waals surface area contributed by atoms with Crippen LogP contribution in [0.5, 0.6) is 0 Å². The third kappa shape index (κ3) is 2.94. The standard InChI is InChI=1S/C12H24N2O/c1-5-6-7-11-12(15)14(8-13-11)10(4)9(2)3/h9-11,13H,5-8H2,1-4H3. The Labute approximate surface area is 93.2 Å². The molecule has 1 N–H and O–H groups in total. The van der Waals surface area contributed by atoms with Gasteiger partial charge in [0, 0.05) is 6.04 Å². The lowest BCUT2D eigenvalue weighted by atomic mass is 10.0. The van der Waals surface area contributed by atoms with E-state index in [-0.39, 0.29) is 6.04 Å². The van der Waals surface area contributed by atoms with Crippen molar-refractivity contribution in [1.82, 2.24) is 10.2 Å². The van der Waals surface area contributed by atoms with Crippen molar-refractivity contribution >= 4 is 5.91 Å². The van der Waals surface area contributed by atoms with Crippen LogP contribution in [-0.2, 0) is 4.79 Å². The Morgan fingerprint density at radius 2 is 2.13 bits per heavy atom. The second kappa shape index (κ2) is 5.50. The lowest BCUT2D eigenvalue weighted by molar-refractivity contribution is -0.131. The van der Waals surface area contributed by atoms with Gasteiger partial charge in [0.2, 0.25) is 5.91 Å². The second-order valence-corrected chi connectivity index (χ2v) is 4.85. The van der Waals surface area contributed by atoms with Crippen molar-refractivity contribution in [1.29, 1.82) is 0 Å². The summed E-state index contributed by atoms with van der Waals surface area (Å²) >= 11 is 0. The summed E-state index contributed by atoms with van der Waals surface area (Å²) in [4.78, 5) is 14.0. The van der Waals surface area contributed by atoms with E-state index in [1.807, 2.05) is 4.90 Å². The zero-order valence-corrected chi connectivity index (χ0v) is 10.4. The van der Waals surface area contributed by atoms with E-state index >= 15 is 0 Å². The Morgan fingerprint density at radius 1 is 1.47 bits per heavy atom. The third-order valence-electron chi connectivity index (χ3n) is 3.39. The van der Waals surface area contributed by atoms with Crippen LogP contribution in [0.3, 0.4) is 0 Å². The number of carbonyl (C=O) groups excluding carboxylic acids is 1. The fourth-order valence-corrected chi connectivity index (χ4v) is 1.91. The molecule has 1 aliphatic rings. The molecule has 0 bridgehead atoms. The van der Waals surface area contributed by atoms with Gasteiger partial charge in [-0.05, 0) is 19.3 Å². The van der Waals surface area contributed by atoms with E-state index in [2.05, 4.69) is 33.0 Å². The predicted octanol–water partition coefficient (Wildman–Crippen LogP) is 1.98. The van der Waals surface area contributed by atoms with Crippen molar-refractivity contribution in [3.63, 3.8) is 0 Å². The quantitative estimate of drug-likeness (QED) is 0.755. The van der Waals surface area contributed by atoms with E-state index in [1.54, 1.807) is 0 Å².